The second kappa shape index (κ2) is 8.44. The molecule has 0 saturated carbocycles. The summed E-state index contributed by atoms with van der Waals surface area (Å²) in [5.74, 6) is 1.54. The van der Waals surface area contributed by atoms with Gasteiger partial charge in [0.2, 0.25) is 5.13 Å². The fraction of sp³-hybridized carbons (Fsp3) is 0.600. The van der Waals surface area contributed by atoms with E-state index in [9.17, 15) is 0 Å². The molecule has 0 atom stereocenters. The third-order valence-electron chi connectivity index (χ3n) is 5.70. The summed E-state index contributed by atoms with van der Waals surface area (Å²) in [5.41, 5.74) is 0.963. The third-order valence-corrected chi connectivity index (χ3v) is 6.71. The van der Waals surface area contributed by atoms with Crippen molar-refractivity contribution in [3.8, 4) is 22.1 Å². The molecule has 0 N–H and O–H groups in total. The molecule has 4 rings (SSSR count). The SMILES string of the molecule is COc1ccc(-c2nnc(N3CCC(N4CCCCC4)CC3)s2)c(OC)c1. The van der Waals surface area contributed by atoms with Gasteiger partial charge in [0.1, 0.15) is 11.5 Å². The first-order chi connectivity index (χ1) is 13.3. The topological polar surface area (TPSA) is 50.7 Å². The van der Waals surface area contributed by atoms with Crippen LogP contribution in [0.4, 0.5) is 5.13 Å². The Morgan fingerprint density at radius 3 is 2.44 bits per heavy atom. The van der Waals surface area contributed by atoms with Crippen LogP contribution < -0.4 is 14.4 Å². The van der Waals surface area contributed by atoms with Crippen LogP contribution in [0.3, 0.4) is 0 Å². The molecule has 1 aromatic heterocycles. The Morgan fingerprint density at radius 2 is 1.74 bits per heavy atom. The van der Waals surface area contributed by atoms with Crippen LogP contribution in [0.2, 0.25) is 0 Å². The average molecular weight is 389 g/mol. The number of aromatic nitrogens is 2. The molecule has 7 heteroatoms. The van der Waals surface area contributed by atoms with E-state index in [2.05, 4.69) is 20.0 Å². The Kier molecular flexibility index (Phi) is 5.78. The van der Waals surface area contributed by atoms with Crippen LogP contribution in [0.15, 0.2) is 18.2 Å². The molecule has 0 spiro atoms. The summed E-state index contributed by atoms with van der Waals surface area (Å²) in [6.45, 7) is 4.70. The van der Waals surface area contributed by atoms with Crippen LogP contribution >= 0.6 is 11.3 Å². The van der Waals surface area contributed by atoms with E-state index in [0.29, 0.717) is 0 Å². The summed E-state index contributed by atoms with van der Waals surface area (Å²) in [6, 6.07) is 6.56. The van der Waals surface area contributed by atoms with E-state index in [0.717, 1.165) is 46.3 Å². The maximum Gasteiger partial charge on any atom is 0.208 e. The zero-order valence-electron chi connectivity index (χ0n) is 16.2. The second-order valence-electron chi connectivity index (χ2n) is 7.27. The monoisotopic (exact) mass is 388 g/mol. The first-order valence-electron chi connectivity index (χ1n) is 9.83. The summed E-state index contributed by atoms with van der Waals surface area (Å²) < 4.78 is 10.8. The maximum absolute atomic E-state index is 5.52. The number of methoxy groups -OCH3 is 2. The number of anilines is 1. The molecule has 2 saturated heterocycles. The largest absolute Gasteiger partial charge is 0.497 e. The molecule has 2 aliphatic heterocycles. The Labute approximate surface area is 165 Å². The van der Waals surface area contributed by atoms with Crippen molar-refractivity contribution < 1.29 is 9.47 Å². The van der Waals surface area contributed by atoms with Gasteiger partial charge < -0.3 is 19.3 Å². The van der Waals surface area contributed by atoms with Crippen molar-refractivity contribution in [2.75, 3.05) is 45.3 Å². The summed E-state index contributed by atoms with van der Waals surface area (Å²) >= 11 is 1.64. The molecule has 1 aromatic carbocycles. The zero-order chi connectivity index (χ0) is 18.6. The molecular formula is C20H28N4O2S. The Bertz CT molecular complexity index is 752. The summed E-state index contributed by atoms with van der Waals surface area (Å²) in [6.07, 6.45) is 6.58. The second-order valence-corrected chi connectivity index (χ2v) is 8.23. The molecule has 27 heavy (non-hydrogen) atoms. The molecule has 2 aliphatic rings. The quantitative estimate of drug-likeness (QED) is 0.779. The molecule has 2 aromatic rings. The maximum atomic E-state index is 5.52. The standard InChI is InChI=1S/C20H28N4O2S/c1-25-16-6-7-17(18(14-16)26-2)19-21-22-20(27-19)24-12-8-15(9-13-24)23-10-4-3-5-11-23/h6-7,14-15H,3-5,8-13H2,1-2H3. The van der Waals surface area contributed by atoms with Crippen molar-refractivity contribution in [1.29, 1.82) is 0 Å². The predicted molar refractivity (Wildman–Crippen MR) is 109 cm³/mol. The molecule has 2 fully saturated rings. The number of benzene rings is 1. The van der Waals surface area contributed by atoms with Gasteiger partial charge in [-0.15, -0.1) is 10.2 Å². The van der Waals surface area contributed by atoms with E-state index < -0.39 is 0 Å². The van der Waals surface area contributed by atoms with Crippen LogP contribution in [0.25, 0.3) is 10.6 Å². The number of hydrogen-bond acceptors (Lipinski definition) is 7. The van der Waals surface area contributed by atoms with Gasteiger partial charge in [-0.3, -0.25) is 0 Å². The van der Waals surface area contributed by atoms with Crippen LogP contribution in [-0.4, -0.2) is 61.5 Å². The van der Waals surface area contributed by atoms with Crippen LogP contribution in [-0.2, 0) is 0 Å². The van der Waals surface area contributed by atoms with E-state index in [1.165, 1.54) is 45.2 Å². The number of ether oxygens (including phenoxy) is 2. The van der Waals surface area contributed by atoms with Crippen molar-refractivity contribution in [2.24, 2.45) is 0 Å². The third kappa shape index (κ3) is 4.04. The Balaban J connectivity index is 1.43. The van der Waals surface area contributed by atoms with E-state index in [1.54, 1.807) is 25.6 Å². The lowest BCUT2D eigenvalue weighted by molar-refractivity contribution is 0.141. The summed E-state index contributed by atoms with van der Waals surface area (Å²) in [7, 11) is 3.33. The minimum absolute atomic E-state index is 0.746. The fourth-order valence-corrected chi connectivity index (χ4v) is 5.06. The van der Waals surface area contributed by atoms with E-state index in [4.69, 9.17) is 9.47 Å². The molecule has 3 heterocycles. The molecule has 0 aliphatic carbocycles. The van der Waals surface area contributed by atoms with Gasteiger partial charge in [0.25, 0.3) is 0 Å². The van der Waals surface area contributed by atoms with E-state index in [-0.39, 0.29) is 0 Å². The normalized spacial score (nSPS) is 19.3. The van der Waals surface area contributed by atoms with Crippen molar-refractivity contribution >= 4 is 16.5 Å². The molecule has 0 radical (unpaired) electrons. The fourth-order valence-electron chi connectivity index (χ4n) is 4.13. The van der Waals surface area contributed by atoms with E-state index in [1.807, 2.05) is 18.2 Å². The van der Waals surface area contributed by atoms with Gasteiger partial charge in [-0.2, -0.15) is 0 Å². The van der Waals surface area contributed by atoms with Gasteiger partial charge in [0, 0.05) is 25.2 Å². The van der Waals surface area contributed by atoms with Gasteiger partial charge in [-0.1, -0.05) is 17.8 Å². The summed E-state index contributed by atoms with van der Waals surface area (Å²) in [5, 5.41) is 10.8. The van der Waals surface area contributed by atoms with Gasteiger partial charge in [0.05, 0.1) is 19.8 Å². The molecule has 6 nitrogen and oxygen atoms in total. The number of nitrogens with zero attached hydrogens (tertiary/aromatic N) is 4. The first kappa shape index (κ1) is 18.5. The zero-order valence-corrected chi connectivity index (χ0v) is 17.0. The van der Waals surface area contributed by atoms with Gasteiger partial charge in [-0.05, 0) is 50.9 Å². The van der Waals surface area contributed by atoms with Crippen molar-refractivity contribution in [3.05, 3.63) is 18.2 Å². The average Bonchev–Trinajstić information content (AvgIpc) is 3.24. The Morgan fingerprint density at radius 1 is 0.963 bits per heavy atom. The molecule has 0 amide bonds. The highest BCUT2D eigenvalue weighted by molar-refractivity contribution is 7.18. The van der Waals surface area contributed by atoms with Crippen molar-refractivity contribution in [1.82, 2.24) is 15.1 Å². The number of rotatable bonds is 5. The highest BCUT2D eigenvalue weighted by atomic mass is 32.1. The van der Waals surface area contributed by atoms with E-state index >= 15 is 0 Å². The minimum Gasteiger partial charge on any atom is -0.497 e. The van der Waals surface area contributed by atoms with Crippen LogP contribution in [0, 0.1) is 0 Å². The number of likely N-dealkylation sites (tertiary alicyclic amines) is 1. The Hall–Kier alpha value is -1.86. The predicted octanol–water partition coefficient (Wildman–Crippen LogP) is 3.68. The van der Waals surface area contributed by atoms with Gasteiger partial charge in [-0.25, -0.2) is 0 Å². The lowest BCUT2D eigenvalue weighted by Gasteiger charge is -2.40. The van der Waals surface area contributed by atoms with Crippen LogP contribution in [0.5, 0.6) is 11.5 Å². The molecule has 146 valence electrons. The summed E-state index contributed by atoms with van der Waals surface area (Å²) in [4.78, 5) is 5.09. The van der Waals surface area contributed by atoms with Gasteiger partial charge >= 0.3 is 0 Å². The highest BCUT2D eigenvalue weighted by Crippen LogP contribution is 2.37. The first-order valence-corrected chi connectivity index (χ1v) is 10.6. The van der Waals surface area contributed by atoms with Crippen molar-refractivity contribution in [2.45, 2.75) is 38.1 Å². The lowest BCUT2D eigenvalue weighted by Crippen LogP contribution is -2.46. The lowest BCUT2D eigenvalue weighted by atomic mass is 10.0. The molecule has 0 bridgehead atoms. The molecular weight excluding hydrogens is 360 g/mol. The van der Waals surface area contributed by atoms with Crippen LogP contribution in [0.1, 0.15) is 32.1 Å². The molecule has 0 unspecified atom stereocenters. The number of hydrogen-bond donors (Lipinski definition) is 0. The number of piperidine rings is 2. The van der Waals surface area contributed by atoms with Gasteiger partial charge in [0.15, 0.2) is 5.01 Å². The minimum atomic E-state index is 0.746. The van der Waals surface area contributed by atoms with Crippen molar-refractivity contribution in [3.63, 3.8) is 0 Å². The highest BCUT2D eigenvalue weighted by Gasteiger charge is 2.27. The smallest absolute Gasteiger partial charge is 0.208 e.